The topological polar surface area (TPSA) is 53.4 Å². The minimum atomic E-state index is -4.35. The maximum absolute atomic E-state index is 12.8. The van der Waals surface area contributed by atoms with Crippen LogP contribution in [0.4, 0.5) is 18.9 Å². The number of fused-ring (bicyclic) bond motifs is 1. The molecule has 2 heterocycles. The van der Waals surface area contributed by atoms with Crippen LogP contribution >= 0.6 is 11.3 Å². The number of anilines is 1. The van der Waals surface area contributed by atoms with Gasteiger partial charge in [-0.25, -0.2) is 4.98 Å². The van der Waals surface area contributed by atoms with Crippen molar-refractivity contribution in [3.05, 3.63) is 70.2 Å². The molecule has 30 heavy (non-hydrogen) atoms. The Balaban J connectivity index is 1.55. The van der Waals surface area contributed by atoms with E-state index < -0.39 is 23.6 Å². The van der Waals surface area contributed by atoms with Crippen molar-refractivity contribution < 1.29 is 23.1 Å². The molecule has 0 fully saturated rings. The van der Waals surface area contributed by atoms with Gasteiger partial charge in [0.15, 0.2) is 0 Å². The van der Waals surface area contributed by atoms with Crippen molar-refractivity contribution in [1.29, 1.82) is 0 Å². The smallest absolute Gasteiger partial charge is 0.416 e. The molecule has 0 saturated carbocycles. The van der Waals surface area contributed by atoms with Gasteiger partial charge in [0.25, 0.3) is 0 Å². The number of benzene rings is 2. The number of hydrogen-bond donors (Lipinski definition) is 1. The summed E-state index contributed by atoms with van der Waals surface area (Å²) in [4.78, 5) is 19.2. The van der Waals surface area contributed by atoms with Crippen molar-refractivity contribution in [3.8, 4) is 10.6 Å². The number of aromatic nitrogens is 1. The average molecular weight is 432 g/mol. The second kappa shape index (κ2) is 7.75. The molecular weight excluding hydrogens is 413 g/mol. The zero-order valence-corrected chi connectivity index (χ0v) is 16.9. The molecule has 0 amide bonds. The zero-order chi connectivity index (χ0) is 21.5. The van der Waals surface area contributed by atoms with Gasteiger partial charge in [-0.15, -0.1) is 11.3 Å². The van der Waals surface area contributed by atoms with Crippen LogP contribution in [0.1, 0.15) is 34.5 Å². The lowest BCUT2D eigenvalue weighted by atomic mass is 10.0. The van der Waals surface area contributed by atoms with Crippen LogP contribution in [-0.2, 0) is 23.9 Å². The summed E-state index contributed by atoms with van der Waals surface area (Å²) in [6, 6.07) is 12.6. The number of thiazole rings is 1. The van der Waals surface area contributed by atoms with E-state index in [1.165, 1.54) is 23.5 Å². The number of aliphatic carboxylic acids is 1. The molecule has 0 radical (unpaired) electrons. The fourth-order valence-corrected chi connectivity index (χ4v) is 4.60. The van der Waals surface area contributed by atoms with Gasteiger partial charge in [0, 0.05) is 29.1 Å². The first-order chi connectivity index (χ1) is 14.2. The molecule has 1 aliphatic heterocycles. The Hall–Kier alpha value is -2.87. The number of halogens is 3. The number of hydrogen-bond acceptors (Lipinski definition) is 4. The minimum absolute atomic E-state index is 0.583. The molecule has 1 atom stereocenters. The van der Waals surface area contributed by atoms with Gasteiger partial charge < -0.3 is 10.0 Å². The Morgan fingerprint density at radius 2 is 1.93 bits per heavy atom. The molecular formula is C22H19F3N2O2S. The Kier molecular flexibility index (Phi) is 5.27. The molecule has 0 spiro atoms. The fourth-order valence-electron chi connectivity index (χ4n) is 3.47. The summed E-state index contributed by atoms with van der Waals surface area (Å²) < 4.78 is 38.3. The molecule has 156 valence electrons. The van der Waals surface area contributed by atoms with Crippen molar-refractivity contribution >= 4 is 23.0 Å². The maximum Gasteiger partial charge on any atom is 0.416 e. The van der Waals surface area contributed by atoms with Crippen molar-refractivity contribution in [2.45, 2.75) is 32.0 Å². The third-order valence-corrected chi connectivity index (χ3v) is 6.43. The molecule has 1 unspecified atom stereocenters. The summed E-state index contributed by atoms with van der Waals surface area (Å²) >= 11 is 1.49. The summed E-state index contributed by atoms with van der Waals surface area (Å²) in [6.07, 6.45) is -3.63. The van der Waals surface area contributed by atoms with E-state index in [2.05, 4.69) is 9.88 Å². The van der Waals surface area contributed by atoms with Gasteiger partial charge in [0.2, 0.25) is 0 Å². The molecule has 0 bridgehead atoms. The normalized spacial score (nSPS) is 15.0. The fraction of sp³-hybridized carbons (Fsp3) is 0.273. The van der Waals surface area contributed by atoms with Crippen LogP contribution in [-0.4, -0.2) is 22.6 Å². The summed E-state index contributed by atoms with van der Waals surface area (Å²) in [6.45, 7) is 3.04. The van der Waals surface area contributed by atoms with Gasteiger partial charge in [-0.3, -0.25) is 4.79 Å². The number of carboxylic acids is 1. The van der Waals surface area contributed by atoms with Gasteiger partial charge >= 0.3 is 12.1 Å². The second-order valence-electron chi connectivity index (χ2n) is 7.29. The zero-order valence-electron chi connectivity index (χ0n) is 16.1. The van der Waals surface area contributed by atoms with E-state index in [0.717, 1.165) is 46.9 Å². The van der Waals surface area contributed by atoms with Gasteiger partial charge in [0.05, 0.1) is 23.7 Å². The molecule has 0 aliphatic carbocycles. The van der Waals surface area contributed by atoms with Gasteiger partial charge in [-0.1, -0.05) is 24.3 Å². The lowest BCUT2D eigenvalue weighted by molar-refractivity contribution is -0.138. The molecule has 3 aromatic rings. The van der Waals surface area contributed by atoms with Crippen molar-refractivity contribution in [2.75, 3.05) is 11.4 Å². The summed E-state index contributed by atoms with van der Waals surface area (Å²) in [5.41, 5.74) is 2.68. The first kappa shape index (κ1) is 20.4. The summed E-state index contributed by atoms with van der Waals surface area (Å²) in [5, 5.41) is 9.97. The lowest BCUT2D eigenvalue weighted by Crippen LogP contribution is -2.29. The minimum Gasteiger partial charge on any atom is -0.481 e. The van der Waals surface area contributed by atoms with E-state index in [0.29, 0.717) is 17.1 Å². The number of nitrogens with zero attached hydrogens (tertiary/aromatic N) is 2. The van der Waals surface area contributed by atoms with E-state index in [9.17, 15) is 23.1 Å². The first-order valence-corrected chi connectivity index (χ1v) is 10.3. The first-order valence-electron chi connectivity index (χ1n) is 9.46. The second-order valence-corrected chi connectivity index (χ2v) is 8.37. The largest absolute Gasteiger partial charge is 0.481 e. The van der Waals surface area contributed by atoms with Crippen LogP contribution in [0.2, 0.25) is 0 Å². The van der Waals surface area contributed by atoms with Crippen LogP contribution < -0.4 is 4.90 Å². The van der Waals surface area contributed by atoms with E-state index >= 15 is 0 Å². The molecule has 4 nitrogen and oxygen atoms in total. The summed E-state index contributed by atoms with van der Waals surface area (Å²) in [7, 11) is 0. The van der Waals surface area contributed by atoms with Crippen molar-refractivity contribution in [3.63, 3.8) is 0 Å². The van der Waals surface area contributed by atoms with Crippen LogP contribution in [0, 0.1) is 0 Å². The SMILES string of the molecule is CC(C(=O)O)c1cccc(N2CCc3nc(-c4ccc(C(F)(F)F)cc4)sc3C2)c1. The molecule has 2 aromatic carbocycles. The van der Waals surface area contributed by atoms with Gasteiger partial charge in [-0.05, 0) is 36.8 Å². The number of carbonyl (C=O) groups is 1. The van der Waals surface area contributed by atoms with Gasteiger partial charge in [0.1, 0.15) is 5.01 Å². The van der Waals surface area contributed by atoms with E-state index in [4.69, 9.17) is 0 Å². The highest BCUT2D eigenvalue weighted by molar-refractivity contribution is 7.15. The molecule has 1 N–H and O–H groups in total. The molecule has 8 heteroatoms. The quantitative estimate of drug-likeness (QED) is 0.585. The van der Waals surface area contributed by atoms with Crippen LogP contribution in [0.25, 0.3) is 10.6 Å². The predicted molar refractivity (Wildman–Crippen MR) is 110 cm³/mol. The maximum atomic E-state index is 12.8. The standard InChI is InChI=1S/C22H19F3N2O2S/c1-13(21(28)29)15-3-2-4-17(11-15)27-10-9-18-19(12-27)30-20(26-18)14-5-7-16(8-6-14)22(23,24)25/h2-8,11,13H,9-10,12H2,1H3,(H,28,29). The van der Waals surface area contributed by atoms with Crippen LogP contribution in [0.5, 0.6) is 0 Å². The third kappa shape index (κ3) is 4.05. The number of carboxylic acid groups (broad SMARTS) is 1. The highest BCUT2D eigenvalue weighted by Crippen LogP contribution is 2.36. The average Bonchev–Trinajstić information content (AvgIpc) is 3.16. The van der Waals surface area contributed by atoms with Crippen LogP contribution in [0.15, 0.2) is 48.5 Å². The summed E-state index contributed by atoms with van der Waals surface area (Å²) in [5.74, 6) is -1.45. The molecule has 1 aliphatic rings. The van der Waals surface area contributed by atoms with Gasteiger partial charge in [-0.2, -0.15) is 13.2 Å². The number of alkyl halides is 3. The Labute approximate surface area is 175 Å². The highest BCUT2D eigenvalue weighted by atomic mass is 32.1. The third-order valence-electron chi connectivity index (χ3n) is 5.30. The number of rotatable bonds is 4. The lowest BCUT2D eigenvalue weighted by Gasteiger charge is -2.28. The van der Waals surface area contributed by atoms with Crippen LogP contribution in [0.3, 0.4) is 0 Å². The van der Waals surface area contributed by atoms with Crippen molar-refractivity contribution in [1.82, 2.24) is 4.98 Å². The van der Waals surface area contributed by atoms with E-state index in [1.807, 2.05) is 24.3 Å². The van der Waals surface area contributed by atoms with Crippen molar-refractivity contribution in [2.24, 2.45) is 0 Å². The van der Waals surface area contributed by atoms with E-state index in [1.54, 1.807) is 6.92 Å². The Morgan fingerprint density at radius 3 is 2.60 bits per heavy atom. The Bertz CT molecular complexity index is 1080. The predicted octanol–water partition coefficient (Wildman–Crippen LogP) is 5.58. The molecule has 1 aromatic heterocycles. The highest BCUT2D eigenvalue weighted by Gasteiger charge is 2.30. The monoisotopic (exact) mass is 432 g/mol. The van der Waals surface area contributed by atoms with E-state index in [-0.39, 0.29) is 0 Å². The Morgan fingerprint density at radius 1 is 1.20 bits per heavy atom. The molecule has 4 rings (SSSR count). The molecule has 0 saturated heterocycles.